The molecule has 21 heavy (non-hydrogen) atoms. The van der Waals surface area contributed by atoms with E-state index in [0.717, 1.165) is 17.8 Å². The molecule has 114 valence electrons. The Morgan fingerprint density at radius 1 is 1.05 bits per heavy atom. The van der Waals surface area contributed by atoms with Crippen LogP contribution in [0.15, 0.2) is 42.9 Å². The van der Waals surface area contributed by atoms with Gasteiger partial charge in [-0.1, -0.05) is 69.4 Å². The third kappa shape index (κ3) is 4.71. The highest BCUT2D eigenvalue weighted by Crippen LogP contribution is 2.19. The summed E-state index contributed by atoms with van der Waals surface area (Å²) in [6.07, 6.45) is 11.7. The number of benzene rings is 1. The van der Waals surface area contributed by atoms with E-state index in [-0.39, 0.29) is 6.04 Å². The van der Waals surface area contributed by atoms with Gasteiger partial charge in [-0.15, -0.1) is 0 Å². The van der Waals surface area contributed by atoms with Crippen LogP contribution in [0.4, 0.5) is 0 Å². The van der Waals surface area contributed by atoms with Gasteiger partial charge in [-0.3, -0.25) is 0 Å². The topological polar surface area (TPSA) is 43.8 Å². The fourth-order valence-electron chi connectivity index (χ4n) is 2.67. The number of aromatic nitrogens is 2. The summed E-state index contributed by atoms with van der Waals surface area (Å²) in [5.41, 5.74) is 8.62. The summed E-state index contributed by atoms with van der Waals surface area (Å²) in [5.74, 6) is 0. The predicted octanol–water partition coefficient (Wildman–Crippen LogP) is 4.29. The van der Waals surface area contributed by atoms with E-state index < -0.39 is 0 Å². The van der Waals surface area contributed by atoms with Gasteiger partial charge < -0.3 is 10.3 Å². The molecular weight excluding hydrogens is 258 g/mol. The van der Waals surface area contributed by atoms with Gasteiger partial charge in [0, 0.05) is 6.54 Å². The molecule has 0 saturated heterocycles. The average molecular weight is 285 g/mol. The van der Waals surface area contributed by atoms with Crippen molar-refractivity contribution in [1.82, 2.24) is 9.55 Å². The van der Waals surface area contributed by atoms with Crippen LogP contribution < -0.4 is 5.73 Å². The van der Waals surface area contributed by atoms with Gasteiger partial charge >= 0.3 is 0 Å². The first-order chi connectivity index (χ1) is 10.3. The first-order valence-electron chi connectivity index (χ1n) is 8.13. The first kappa shape index (κ1) is 15.8. The van der Waals surface area contributed by atoms with Crippen molar-refractivity contribution in [2.45, 2.75) is 58.0 Å². The molecule has 2 aromatic rings. The van der Waals surface area contributed by atoms with Crippen LogP contribution in [0, 0.1) is 0 Å². The number of nitrogens with zero attached hydrogens (tertiary/aromatic N) is 2. The van der Waals surface area contributed by atoms with E-state index in [1.54, 1.807) is 0 Å². The summed E-state index contributed by atoms with van der Waals surface area (Å²) in [6.45, 7) is 3.27. The van der Waals surface area contributed by atoms with Crippen LogP contribution in [0.25, 0.3) is 0 Å². The van der Waals surface area contributed by atoms with Gasteiger partial charge in [-0.25, -0.2) is 4.98 Å². The average Bonchev–Trinajstić information content (AvgIpc) is 2.99. The molecule has 0 aliphatic heterocycles. The maximum atomic E-state index is 6.37. The fraction of sp³-hybridized carbons (Fsp3) is 0.500. The van der Waals surface area contributed by atoms with Gasteiger partial charge in [-0.05, 0) is 12.0 Å². The fourth-order valence-corrected chi connectivity index (χ4v) is 2.67. The summed E-state index contributed by atoms with van der Waals surface area (Å²) in [5, 5.41) is 0. The molecule has 1 unspecified atom stereocenters. The van der Waals surface area contributed by atoms with Crippen molar-refractivity contribution in [2.75, 3.05) is 0 Å². The molecular formula is C18H27N3. The standard InChI is InChI=1S/C18H27N3/c1-2-3-4-5-6-10-13-21-15-20-14-17(21)18(19)16-11-8-7-9-12-16/h7-9,11-12,14-15,18H,2-6,10,13,19H2,1H3. The molecule has 0 aliphatic rings. The number of unbranched alkanes of at least 4 members (excludes halogenated alkanes) is 5. The van der Waals surface area contributed by atoms with Crippen molar-refractivity contribution in [3.05, 3.63) is 54.1 Å². The lowest BCUT2D eigenvalue weighted by atomic mass is 10.1. The number of imidazole rings is 1. The van der Waals surface area contributed by atoms with E-state index in [0.29, 0.717) is 0 Å². The van der Waals surface area contributed by atoms with Gasteiger partial charge in [0.1, 0.15) is 0 Å². The largest absolute Gasteiger partial charge is 0.333 e. The van der Waals surface area contributed by atoms with Gasteiger partial charge in [0.05, 0.1) is 24.3 Å². The van der Waals surface area contributed by atoms with E-state index >= 15 is 0 Å². The zero-order valence-corrected chi connectivity index (χ0v) is 13.0. The monoisotopic (exact) mass is 285 g/mol. The van der Waals surface area contributed by atoms with Crippen molar-refractivity contribution < 1.29 is 0 Å². The Kier molecular flexibility index (Phi) is 6.48. The summed E-state index contributed by atoms with van der Waals surface area (Å²) in [6, 6.07) is 10.1. The molecule has 1 aromatic heterocycles. The maximum absolute atomic E-state index is 6.37. The van der Waals surface area contributed by atoms with E-state index in [2.05, 4.69) is 28.6 Å². The van der Waals surface area contributed by atoms with Crippen LogP contribution in [0.2, 0.25) is 0 Å². The minimum atomic E-state index is -0.0891. The van der Waals surface area contributed by atoms with Crippen LogP contribution in [0.5, 0.6) is 0 Å². The van der Waals surface area contributed by atoms with Gasteiger partial charge in [0.15, 0.2) is 0 Å². The van der Waals surface area contributed by atoms with E-state index in [1.165, 1.54) is 38.5 Å². The van der Waals surface area contributed by atoms with Crippen molar-refractivity contribution >= 4 is 0 Å². The van der Waals surface area contributed by atoms with Crippen molar-refractivity contribution in [1.29, 1.82) is 0 Å². The minimum absolute atomic E-state index is 0.0891. The summed E-state index contributed by atoms with van der Waals surface area (Å²) in [4.78, 5) is 4.28. The van der Waals surface area contributed by atoms with E-state index in [4.69, 9.17) is 5.73 Å². The Hall–Kier alpha value is -1.61. The number of nitrogens with two attached hydrogens (primary N) is 1. The Balaban J connectivity index is 1.87. The summed E-state index contributed by atoms with van der Waals surface area (Å²) < 4.78 is 2.21. The Bertz CT molecular complexity index is 504. The zero-order valence-electron chi connectivity index (χ0n) is 13.0. The van der Waals surface area contributed by atoms with Gasteiger partial charge in [0.2, 0.25) is 0 Å². The van der Waals surface area contributed by atoms with Crippen LogP contribution in [0.3, 0.4) is 0 Å². The second kappa shape index (κ2) is 8.63. The van der Waals surface area contributed by atoms with Crippen LogP contribution in [-0.4, -0.2) is 9.55 Å². The smallest absolute Gasteiger partial charge is 0.0948 e. The summed E-state index contributed by atoms with van der Waals surface area (Å²) >= 11 is 0. The molecule has 3 heteroatoms. The number of rotatable bonds is 9. The molecule has 1 aromatic carbocycles. The molecule has 0 amide bonds. The molecule has 0 fully saturated rings. The van der Waals surface area contributed by atoms with Crippen LogP contribution >= 0.6 is 0 Å². The Labute approximate surface area is 128 Å². The maximum Gasteiger partial charge on any atom is 0.0948 e. The second-order valence-corrected chi connectivity index (χ2v) is 5.67. The molecule has 0 bridgehead atoms. The van der Waals surface area contributed by atoms with Crippen LogP contribution in [0.1, 0.15) is 62.7 Å². The molecule has 2 rings (SSSR count). The lowest BCUT2D eigenvalue weighted by Gasteiger charge is -2.15. The number of aryl methyl sites for hydroxylation is 1. The van der Waals surface area contributed by atoms with E-state index in [9.17, 15) is 0 Å². The number of hydrogen-bond acceptors (Lipinski definition) is 2. The molecule has 0 radical (unpaired) electrons. The molecule has 1 atom stereocenters. The zero-order chi connectivity index (χ0) is 14.9. The molecule has 1 heterocycles. The highest BCUT2D eigenvalue weighted by atomic mass is 15.1. The number of hydrogen-bond donors (Lipinski definition) is 1. The van der Waals surface area contributed by atoms with Gasteiger partial charge in [-0.2, -0.15) is 0 Å². The molecule has 0 aliphatic carbocycles. The van der Waals surface area contributed by atoms with Crippen molar-refractivity contribution in [3.63, 3.8) is 0 Å². The Morgan fingerprint density at radius 3 is 2.52 bits per heavy atom. The van der Waals surface area contributed by atoms with Crippen molar-refractivity contribution in [2.24, 2.45) is 5.73 Å². The van der Waals surface area contributed by atoms with Crippen LogP contribution in [-0.2, 0) is 6.54 Å². The van der Waals surface area contributed by atoms with E-state index in [1.807, 2.05) is 30.7 Å². The van der Waals surface area contributed by atoms with Crippen molar-refractivity contribution in [3.8, 4) is 0 Å². The third-order valence-corrected chi connectivity index (χ3v) is 3.97. The highest BCUT2D eigenvalue weighted by Gasteiger charge is 2.13. The normalized spacial score (nSPS) is 12.5. The third-order valence-electron chi connectivity index (χ3n) is 3.97. The lowest BCUT2D eigenvalue weighted by Crippen LogP contribution is -2.16. The molecule has 0 saturated carbocycles. The molecule has 3 nitrogen and oxygen atoms in total. The highest BCUT2D eigenvalue weighted by molar-refractivity contribution is 5.26. The molecule has 0 spiro atoms. The summed E-state index contributed by atoms with van der Waals surface area (Å²) in [7, 11) is 0. The Morgan fingerprint density at radius 2 is 1.76 bits per heavy atom. The SMILES string of the molecule is CCCCCCCCn1cncc1C(N)c1ccccc1. The lowest BCUT2D eigenvalue weighted by molar-refractivity contribution is 0.542. The molecule has 2 N–H and O–H groups in total. The quantitative estimate of drug-likeness (QED) is 0.698. The first-order valence-corrected chi connectivity index (χ1v) is 8.13. The van der Waals surface area contributed by atoms with Gasteiger partial charge in [0.25, 0.3) is 0 Å². The second-order valence-electron chi connectivity index (χ2n) is 5.67. The predicted molar refractivity (Wildman–Crippen MR) is 88.1 cm³/mol. The minimum Gasteiger partial charge on any atom is -0.333 e.